The summed E-state index contributed by atoms with van der Waals surface area (Å²) in [5.74, 6) is 0. The Morgan fingerprint density at radius 3 is 0.864 bits per heavy atom. The zero-order valence-electron chi connectivity index (χ0n) is 15.5. The first-order chi connectivity index (χ1) is 10.4. The van der Waals surface area contributed by atoms with Crippen molar-refractivity contribution in [3.05, 3.63) is 0 Å². The van der Waals surface area contributed by atoms with Crippen LogP contribution in [-0.4, -0.2) is 29.1 Å². The molecule has 0 rings (SSSR count). The van der Waals surface area contributed by atoms with Crippen molar-refractivity contribution in [1.29, 1.82) is 0 Å². The molecule has 0 aliphatic heterocycles. The van der Waals surface area contributed by atoms with Gasteiger partial charge in [-0.15, -0.1) is 0 Å². The van der Waals surface area contributed by atoms with Crippen molar-refractivity contribution in [3.8, 4) is 0 Å². The minimum Gasteiger partial charge on any atom is -0.396 e. The fraction of sp³-hybridized carbons (Fsp3) is 1.00. The monoisotopic (exact) mass is 325 g/mol. The summed E-state index contributed by atoms with van der Waals surface area (Å²) in [6, 6.07) is 0. The Balaban J connectivity index is 0. The number of aliphatic hydroxyl groups is 1. The molecular weight excluding hydrogens is 283 g/mol. The summed E-state index contributed by atoms with van der Waals surface area (Å²) < 4.78 is 0. The molecule has 0 fully saturated rings. The van der Waals surface area contributed by atoms with Crippen LogP contribution < -0.4 is 0 Å². The minimum absolute atomic E-state index is 0. The molecule has 3 radical (unpaired) electrons. The Morgan fingerprint density at radius 1 is 0.409 bits per heavy atom. The summed E-state index contributed by atoms with van der Waals surface area (Å²) in [6.45, 7) is 2.66. The zero-order chi connectivity index (χ0) is 15.4. The third kappa shape index (κ3) is 22.8. The molecule has 0 atom stereocenters. The Bertz CT molecular complexity index is 155. The van der Waals surface area contributed by atoms with Crippen LogP contribution in [0.1, 0.15) is 122 Å². The van der Waals surface area contributed by atoms with Crippen LogP contribution in [0.25, 0.3) is 0 Å². The highest BCUT2D eigenvalue weighted by Gasteiger charge is 1.94. The van der Waals surface area contributed by atoms with Gasteiger partial charge in [0.25, 0.3) is 0 Å². The van der Waals surface area contributed by atoms with Crippen LogP contribution in [0.2, 0.25) is 0 Å². The molecule has 0 unspecified atom stereocenters. The number of aliphatic hydroxyl groups excluding tert-OH is 1. The van der Waals surface area contributed by atoms with Crippen LogP contribution in [0.4, 0.5) is 0 Å². The summed E-state index contributed by atoms with van der Waals surface area (Å²) in [5, 5.41) is 8.69. The van der Waals surface area contributed by atoms with Gasteiger partial charge >= 0.3 is 0 Å². The molecular formula is C20H42AlO. The average Bonchev–Trinajstić information content (AvgIpc) is 2.50. The van der Waals surface area contributed by atoms with E-state index in [1.54, 1.807) is 0 Å². The van der Waals surface area contributed by atoms with Crippen LogP contribution in [0.3, 0.4) is 0 Å². The highest BCUT2D eigenvalue weighted by Crippen LogP contribution is 2.14. The quantitative estimate of drug-likeness (QED) is 0.221. The van der Waals surface area contributed by atoms with Gasteiger partial charge in [0, 0.05) is 24.0 Å². The molecule has 0 aliphatic rings. The van der Waals surface area contributed by atoms with E-state index in [1.165, 1.54) is 109 Å². The van der Waals surface area contributed by atoms with Gasteiger partial charge in [-0.2, -0.15) is 0 Å². The number of hydrogen-bond donors (Lipinski definition) is 1. The van der Waals surface area contributed by atoms with Gasteiger partial charge in [-0.05, 0) is 6.42 Å². The molecule has 2 heteroatoms. The lowest BCUT2D eigenvalue weighted by atomic mass is 10.0. The number of hydrogen-bond acceptors (Lipinski definition) is 1. The van der Waals surface area contributed by atoms with Gasteiger partial charge in [0.1, 0.15) is 0 Å². The normalized spacial score (nSPS) is 10.6. The first kappa shape index (κ1) is 24.7. The highest BCUT2D eigenvalue weighted by atomic mass is 27.0. The van der Waals surface area contributed by atoms with E-state index in [4.69, 9.17) is 5.11 Å². The van der Waals surface area contributed by atoms with E-state index >= 15 is 0 Å². The summed E-state index contributed by atoms with van der Waals surface area (Å²) >= 11 is 0. The molecule has 0 aromatic heterocycles. The minimum atomic E-state index is 0. The van der Waals surface area contributed by atoms with E-state index in [0.717, 1.165) is 6.42 Å². The van der Waals surface area contributed by atoms with E-state index in [-0.39, 0.29) is 17.4 Å². The lowest BCUT2D eigenvalue weighted by molar-refractivity contribution is 0.282. The highest BCUT2D eigenvalue weighted by molar-refractivity contribution is 5.75. The molecule has 0 heterocycles. The molecule has 1 N–H and O–H groups in total. The maximum atomic E-state index is 8.69. The van der Waals surface area contributed by atoms with Gasteiger partial charge in [-0.1, -0.05) is 116 Å². The van der Waals surface area contributed by atoms with Crippen molar-refractivity contribution < 1.29 is 5.11 Å². The molecule has 0 aromatic carbocycles. The van der Waals surface area contributed by atoms with Gasteiger partial charge in [0.2, 0.25) is 0 Å². The van der Waals surface area contributed by atoms with Gasteiger partial charge < -0.3 is 5.11 Å². The summed E-state index contributed by atoms with van der Waals surface area (Å²) in [5.41, 5.74) is 0. The van der Waals surface area contributed by atoms with Crippen molar-refractivity contribution in [2.75, 3.05) is 6.61 Å². The second kappa shape index (κ2) is 23.8. The number of rotatable bonds is 18. The van der Waals surface area contributed by atoms with E-state index in [1.807, 2.05) is 0 Å². The van der Waals surface area contributed by atoms with Crippen molar-refractivity contribution in [2.45, 2.75) is 122 Å². The largest absolute Gasteiger partial charge is 0.396 e. The van der Waals surface area contributed by atoms with Gasteiger partial charge in [-0.25, -0.2) is 0 Å². The molecule has 0 saturated heterocycles. The standard InChI is InChI=1S/C20H42O.Al/c1-2-3-4-5-6-7-8-9-10-11-12-13-14-15-16-17-18-19-20-21;/h21H,2-20H2,1H3;. The van der Waals surface area contributed by atoms with E-state index in [0.29, 0.717) is 6.61 Å². The maximum Gasteiger partial charge on any atom is 0.0431 e. The first-order valence-corrected chi connectivity index (χ1v) is 10.0. The Hall–Kier alpha value is 0.492. The van der Waals surface area contributed by atoms with Crippen molar-refractivity contribution in [1.82, 2.24) is 0 Å². The second-order valence-electron chi connectivity index (χ2n) is 6.73. The molecule has 0 aliphatic carbocycles. The molecule has 0 saturated carbocycles. The van der Waals surface area contributed by atoms with Crippen molar-refractivity contribution in [2.24, 2.45) is 0 Å². The van der Waals surface area contributed by atoms with Crippen molar-refractivity contribution >= 4 is 17.4 Å². The molecule has 0 spiro atoms. The molecule has 131 valence electrons. The van der Waals surface area contributed by atoms with E-state index in [9.17, 15) is 0 Å². The number of unbranched alkanes of at least 4 members (excludes halogenated alkanes) is 17. The lowest BCUT2D eigenvalue weighted by Crippen LogP contribution is -1.85. The van der Waals surface area contributed by atoms with Crippen LogP contribution in [0.5, 0.6) is 0 Å². The van der Waals surface area contributed by atoms with Crippen LogP contribution in [0.15, 0.2) is 0 Å². The molecule has 22 heavy (non-hydrogen) atoms. The molecule has 0 bridgehead atoms. The van der Waals surface area contributed by atoms with E-state index in [2.05, 4.69) is 6.92 Å². The summed E-state index contributed by atoms with van der Waals surface area (Å²) in [6.07, 6.45) is 25.1. The average molecular weight is 326 g/mol. The van der Waals surface area contributed by atoms with Crippen LogP contribution in [0, 0.1) is 0 Å². The molecule has 1 nitrogen and oxygen atoms in total. The van der Waals surface area contributed by atoms with Crippen molar-refractivity contribution in [3.63, 3.8) is 0 Å². The Kier molecular flexibility index (Phi) is 26.7. The molecule has 0 aromatic rings. The molecule has 0 amide bonds. The van der Waals surface area contributed by atoms with E-state index < -0.39 is 0 Å². The topological polar surface area (TPSA) is 20.2 Å². The van der Waals surface area contributed by atoms with Crippen LogP contribution >= 0.6 is 0 Å². The Labute approximate surface area is 151 Å². The summed E-state index contributed by atoms with van der Waals surface area (Å²) in [7, 11) is 0. The third-order valence-corrected chi connectivity index (χ3v) is 4.51. The van der Waals surface area contributed by atoms with Crippen LogP contribution in [-0.2, 0) is 0 Å². The van der Waals surface area contributed by atoms with Gasteiger partial charge in [0.15, 0.2) is 0 Å². The third-order valence-electron chi connectivity index (χ3n) is 4.51. The smallest absolute Gasteiger partial charge is 0.0431 e. The second-order valence-corrected chi connectivity index (χ2v) is 6.73. The summed E-state index contributed by atoms with van der Waals surface area (Å²) in [4.78, 5) is 0. The predicted molar refractivity (Wildman–Crippen MR) is 102 cm³/mol. The SMILES string of the molecule is CCCCCCCCCCCCCCCCCCCCO.[Al]. The zero-order valence-corrected chi connectivity index (χ0v) is 16.6. The van der Waals surface area contributed by atoms with Gasteiger partial charge in [0.05, 0.1) is 0 Å². The fourth-order valence-corrected chi connectivity index (χ4v) is 3.01. The van der Waals surface area contributed by atoms with Gasteiger partial charge in [-0.3, -0.25) is 0 Å². The maximum absolute atomic E-state index is 8.69. The fourth-order valence-electron chi connectivity index (χ4n) is 3.01. The lowest BCUT2D eigenvalue weighted by Gasteiger charge is -2.03. The predicted octanol–water partition coefficient (Wildman–Crippen LogP) is 6.64. The Morgan fingerprint density at radius 2 is 0.636 bits per heavy atom. The first-order valence-electron chi connectivity index (χ1n) is 10.0.